The van der Waals surface area contributed by atoms with E-state index in [1.807, 2.05) is 13.8 Å². The molecule has 54 heavy (non-hydrogen) atoms. The molecule has 1 saturated heterocycles. The highest BCUT2D eigenvalue weighted by Crippen LogP contribution is 2.51. The number of nitrogens with one attached hydrogen (secondary N) is 2. The van der Waals surface area contributed by atoms with Gasteiger partial charge in [0.2, 0.25) is 5.91 Å². The van der Waals surface area contributed by atoms with E-state index in [4.69, 9.17) is 32.5 Å². The lowest BCUT2D eigenvalue weighted by Gasteiger charge is -2.48. The first-order valence-electron chi connectivity index (χ1n) is 20.1. The number of carbonyl (C=O) groups is 5. The molecule has 14 heteroatoms. The normalized spacial score (nSPS) is 22.0. The van der Waals surface area contributed by atoms with E-state index in [-0.39, 0.29) is 16.5 Å². The Kier molecular flexibility index (Phi) is 19.7. The summed E-state index contributed by atoms with van der Waals surface area (Å²) in [5, 5.41) is 25.3. The summed E-state index contributed by atoms with van der Waals surface area (Å²) in [6.45, 7) is 3.61. The highest BCUT2D eigenvalue weighted by molar-refractivity contribution is 6.52. The Balaban J connectivity index is 1.99. The molecule has 2 aliphatic rings. The van der Waals surface area contributed by atoms with Gasteiger partial charge < -0.3 is 30.2 Å². The van der Waals surface area contributed by atoms with Crippen LogP contribution in [0.3, 0.4) is 0 Å². The van der Waals surface area contributed by atoms with E-state index in [1.54, 1.807) is 6.07 Å². The molecule has 0 radical (unpaired) electrons. The molecule has 1 heterocycles. The second-order valence-corrected chi connectivity index (χ2v) is 16.6. The third kappa shape index (κ3) is 14.7. The van der Waals surface area contributed by atoms with Crippen molar-refractivity contribution in [3.05, 3.63) is 33.8 Å². The van der Waals surface area contributed by atoms with Gasteiger partial charge in [0.1, 0.15) is 0 Å². The first-order valence-corrected chi connectivity index (χ1v) is 20.9. The number of halogens is 2. The van der Waals surface area contributed by atoms with Crippen molar-refractivity contribution in [3.8, 4) is 0 Å². The summed E-state index contributed by atoms with van der Waals surface area (Å²) in [7, 11) is -1.43. The second-order valence-electron chi connectivity index (χ2n) is 15.8. The molecule has 1 saturated carbocycles. The number of hydrogen-bond acceptors (Lipinski definition) is 7. The zero-order valence-electron chi connectivity index (χ0n) is 32.2. The topological polar surface area (TPSA) is 168 Å². The molecule has 1 aromatic carbocycles. The standard InChI is InChI=1S/C40H61BCl2N2O9/c1-29(2)24-33(45-34(46)28-44-37(50)31-25-30(42)20-21-32(31)43)39(41-53-36(49)27-40(54-41,38(51)52)26-35(47)48)22-18-16-14-12-10-8-6-4-3-5-7-9-11-13-15-17-19-23-39/h20-21,25,29,33H,3-19,22-24,26-28H2,1-2H3,(H,44,50)(H,45,46)(H,47,48)(H,51,52)/t33-,40?/m0/s1. The molecular weight excluding hydrogens is 734 g/mol. The van der Waals surface area contributed by atoms with Crippen LogP contribution in [0.4, 0.5) is 0 Å². The largest absolute Gasteiger partial charge is 0.536 e. The predicted octanol–water partition coefficient (Wildman–Crippen LogP) is 9.17. The third-order valence-electron chi connectivity index (χ3n) is 10.9. The van der Waals surface area contributed by atoms with Gasteiger partial charge in [-0.05, 0) is 43.4 Å². The first kappa shape index (κ1) is 45.6. The highest BCUT2D eigenvalue weighted by Gasteiger charge is 2.61. The van der Waals surface area contributed by atoms with Gasteiger partial charge in [0, 0.05) is 16.4 Å². The molecule has 1 aromatic rings. The number of rotatable bonds is 11. The molecule has 302 valence electrons. The molecule has 3 rings (SSSR count). The summed E-state index contributed by atoms with van der Waals surface area (Å²) in [6.07, 6.45) is 18.0. The van der Waals surface area contributed by atoms with E-state index < -0.39 is 73.2 Å². The fourth-order valence-electron chi connectivity index (χ4n) is 7.96. The lowest BCUT2D eigenvalue weighted by molar-refractivity contribution is -0.176. The quantitative estimate of drug-likeness (QED) is 0.160. The Labute approximate surface area is 331 Å². The fourth-order valence-corrected chi connectivity index (χ4v) is 8.34. The zero-order chi connectivity index (χ0) is 39.6. The third-order valence-corrected chi connectivity index (χ3v) is 11.5. The second kappa shape index (κ2) is 23.3. The first-order chi connectivity index (χ1) is 25.8. The van der Waals surface area contributed by atoms with E-state index in [0.717, 1.165) is 51.4 Å². The molecule has 0 spiro atoms. The van der Waals surface area contributed by atoms with Gasteiger partial charge in [0.15, 0.2) is 5.60 Å². The number of hydrogen-bond donors (Lipinski definition) is 4. The maximum absolute atomic E-state index is 13.8. The van der Waals surface area contributed by atoms with Crippen LogP contribution in [-0.2, 0) is 28.5 Å². The van der Waals surface area contributed by atoms with Crippen molar-refractivity contribution in [2.24, 2.45) is 5.92 Å². The zero-order valence-corrected chi connectivity index (χ0v) is 33.7. The Morgan fingerprint density at radius 1 is 0.815 bits per heavy atom. The van der Waals surface area contributed by atoms with Crippen molar-refractivity contribution in [1.29, 1.82) is 0 Å². The van der Waals surface area contributed by atoms with Crippen LogP contribution in [0.5, 0.6) is 0 Å². The molecule has 0 aromatic heterocycles. The number of amides is 2. The van der Waals surface area contributed by atoms with Crippen LogP contribution in [0.1, 0.15) is 165 Å². The summed E-state index contributed by atoms with van der Waals surface area (Å²) in [4.78, 5) is 64.9. The van der Waals surface area contributed by atoms with Gasteiger partial charge in [0.05, 0.1) is 30.0 Å². The van der Waals surface area contributed by atoms with E-state index in [1.165, 1.54) is 57.1 Å². The van der Waals surface area contributed by atoms with Crippen molar-refractivity contribution in [3.63, 3.8) is 0 Å². The van der Waals surface area contributed by atoms with Gasteiger partial charge in [-0.3, -0.25) is 19.2 Å². The SMILES string of the molecule is CC(C)C[C@H](NC(=O)CNC(=O)c1cc(Cl)ccc1Cl)C1(B2OC(=O)CC(CC(=O)O)(C(=O)O)O2)CCCCCCCCCCCCCCCCCCC1. The molecule has 1 aliphatic heterocycles. The molecule has 4 N–H and O–H groups in total. The van der Waals surface area contributed by atoms with E-state index >= 15 is 0 Å². The fraction of sp³-hybridized carbons (Fsp3) is 0.725. The maximum Gasteiger partial charge on any atom is 0.536 e. The monoisotopic (exact) mass is 794 g/mol. The van der Waals surface area contributed by atoms with E-state index in [0.29, 0.717) is 37.1 Å². The molecule has 0 bridgehead atoms. The highest BCUT2D eigenvalue weighted by atomic mass is 35.5. The minimum Gasteiger partial charge on any atom is -0.509 e. The van der Waals surface area contributed by atoms with Crippen LogP contribution in [0.2, 0.25) is 15.4 Å². The molecule has 2 amide bonds. The van der Waals surface area contributed by atoms with Crippen LogP contribution in [-0.4, -0.2) is 65.2 Å². The van der Waals surface area contributed by atoms with Crippen LogP contribution in [0, 0.1) is 5.92 Å². The molecule has 2 atom stereocenters. The van der Waals surface area contributed by atoms with Crippen molar-refractivity contribution < 1.29 is 43.5 Å². The van der Waals surface area contributed by atoms with Gasteiger partial charge in [-0.15, -0.1) is 0 Å². The maximum atomic E-state index is 13.8. The molecule has 11 nitrogen and oxygen atoms in total. The Morgan fingerprint density at radius 2 is 1.31 bits per heavy atom. The number of carbonyl (C=O) groups excluding carboxylic acids is 3. The van der Waals surface area contributed by atoms with E-state index in [9.17, 15) is 34.2 Å². The Hall–Kier alpha value is -2.83. The average Bonchev–Trinajstić information content (AvgIpc) is 3.10. The van der Waals surface area contributed by atoms with Crippen LogP contribution < -0.4 is 10.6 Å². The summed E-state index contributed by atoms with van der Waals surface area (Å²) < 4.78 is 12.2. The number of aliphatic carboxylic acids is 2. The van der Waals surface area contributed by atoms with Crippen molar-refractivity contribution >= 4 is 60.0 Å². The number of carboxylic acids is 2. The van der Waals surface area contributed by atoms with Gasteiger partial charge in [-0.1, -0.05) is 146 Å². The average molecular weight is 796 g/mol. The lowest BCUT2D eigenvalue weighted by atomic mass is 9.47. The van der Waals surface area contributed by atoms with Gasteiger partial charge in [0.25, 0.3) is 11.9 Å². The molecule has 1 unspecified atom stereocenters. The van der Waals surface area contributed by atoms with Gasteiger partial charge >= 0.3 is 19.1 Å². The van der Waals surface area contributed by atoms with Crippen LogP contribution >= 0.6 is 23.2 Å². The smallest absolute Gasteiger partial charge is 0.509 e. The van der Waals surface area contributed by atoms with Gasteiger partial charge in [-0.2, -0.15) is 0 Å². The summed E-state index contributed by atoms with van der Waals surface area (Å²) >= 11 is 12.3. The Bertz CT molecular complexity index is 1370. The lowest BCUT2D eigenvalue weighted by Crippen LogP contribution is -2.62. The predicted molar refractivity (Wildman–Crippen MR) is 211 cm³/mol. The van der Waals surface area contributed by atoms with Crippen molar-refractivity contribution in [1.82, 2.24) is 10.6 Å². The minimum atomic E-state index is -2.33. The summed E-state index contributed by atoms with van der Waals surface area (Å²) in [5.74, 6) is -4.88. The van der Waals surface area contributed by atoms with Crippen LogP contribution in [0.15, 0.2) is 18.2 Å². The number of benzene rings is 1. The summed E-state index contributed by atoms with van der Waals surface area (Å²) in [6, 6.07) is 3.79. The molecule has 1 aliphatic carbocycles. The van der Waals surface area contributed by atoms with E-state index in [2.05, 4.69) is 10.6 Å². The van der Waals surface area contributed by atoms with Gasteiger partial charge in [-0.25, -0.2) is 4.79 Å². The Morgan fingerprint density at radius 3 is 1.78 bits per heavy atom. The van der Waals surface area contributed by atoms with Crippen LogP contribution in [0.25, 0.3) is 0 Å². The minimum absolute atomic E-state index is 0.0376. The number of carboxylic acid groups (broad SMARTS) is 2. The van der Waals surface area contributed by atoms with Crippen molar-refractivity contribution in [2.45, 2.75) is 172 Å². The molecular formula is C40H61BCl2N2O9. The summed E-state index contributed by atoms with van der Waals surface area (Å²) in [5.41, 5.74) is -2.22. The van der Waals surface area contributed by atoms with Crippen molar-refractivity contribution in [2.75, 3.05) is 6.54 Å². The molecule has 2 fully saturated rings.